The van der Waals surface area contributed by atoms with Gasteiger partial charge in [-0.1, -0.05) is 0 Å². The molecule has 2 aromatic heterocycles. The van der Waals surface area contributed by atoms with Gasteiger partial charge in [0.1, 0.15) is 5.82 Å². The molecule has 0 amide bonds. The molecule has 94 valence electrons. The normalized spacial score (nSPS) is 16.0. The van der Waals surface area contributed by atoms with Crippen LogP contribution in [0.25, 0.3) is 0 Å². The van der Waals surface area contributed by atoms with Crippen LogP contribution in [0.2, 0.25) is 0 Å². The molecule has 3 heterocycles. The second-order valence-corrected chi connectivity index (χ2v) is 5.07. The molecule has 2 aromatic rings. The van der Waals surface area contributed by atoms with Gasteiger partial charge in [-0.15, -0.1) is 11.3 Å². The predicted molar refractivity (Wildman–Crippen MR) is 75.2 cm³/mol. The summed E-state index contributed by atoms with van der Waals surface area (Å²) in [5.74, 6) is 0.611. The second-order valence-electron chi connectivity index (χ2n) is 4.20. The minimum atomic E-state index is 0.611. The monoisotopic (exact) mass is 261 g/mol. The molecule has 0 atom stereocenters. The summed E-state index contributed by atoms with van der Waals surface area (Å²) in [6, 6.07) is 3.96. The molecule has 0 saturated carbocycles. The van der Waals surface area contributed by atoms with E-state index in [1.165, 1.54) is 0 Å². The van der Waals surface area contributed by atoms with Gasteiger partial charge in [-0.3, -0.25) is 0 Å². The molecule has 5 nitrogen and oxygen atoms in total. The van der Waals surface area contributed by atoms with Crippen LogP contribution in [-0.2, 0) is 0 Å². The molecular weight excluding hydrogens is 246 g/mol. The van der Waals surface area contributed by atoms with Gasteiger partial charge in [-0.25, -0.2) is 9.97 Å². The number of nitrogen functional groups attached to an aromatic ring is 1. The number of hydrogen-bond donors (Lipinski definition) is 1. The first-order valence-electron chi connectivity index (χ1n) is 5.94. The van der Waals surface area contributed by atoms with Crippen molar-refractivity contribution in [3.8, 4) is 0 Å². The fourth-order valence-electron chi connectivity index (χ4n) is 2.19. The largest absolute Gasteiger partial charge is 0.382 e. The van der Waals surface area contributed by atoms with E-state index in [4.69, 9.17) is 5.73 Å². The Labute approximate surface area is 110 Å². The van der Waals surface area contributed by atoms with Crippen LogP contribution in [0, 0.1) is 0 Å². The van der Waals surface area contributed by atoms with Crippen molar-refractivity contribution < 1.29 is 0 Å². The molecule has 1 aliphatic rings. The Morgan fingerprint density at radius 1 is 1.06 bits per heavy atom. The van der Waals surface area contributed by atoms with Crippen LogP contribution < -0.4 is 15.5 Å². The number of rotatable bonds is 2. The zero-order valence-corrected chi connectivity index (χ0v) is 10.8. The lowest BCUT2D eigenvalue weighted by Gasteiger charge is -2.36. The van der Waals surface area contributed by atoms with Crippen LogP contribution in [0.4, 0.5) is 16.6 Å². The third-order valence-corrected chi connectivity index (χ3v) is 3.96. The summed E-state index contributed by atoms with van der Waals surface area (Å²) in [5.41, 5.74) is 6.94. The summed E-state index contributed by atoms with van der Waals surface area (Å²) < 4.78 is 0. The van der Waals surface area contributed by atoms with Crippen molar-refractivity contribution in [2.75, 3.05) is 41.7 Å². The number of anilines is 3. The number of thiazole rings is 1. The third kappa shape index (κ3) is 2.11. The molecule has 6 heteroatoms. The Morgan fingerprint density at radius 2 is 1.83 bits per heavy atom. The molecule has 3 rings (SSSR count). The van der Waals surface area contributed by atoms with E-state index in [-0.39, 0.29) is 0 Å². The fraction of sp³-hybridized carbons (Fsp3) is 0.333. The van der Waals surface area contributed by atoms with Crippen LogP contribution in [0.3, 0.4) is 0 Å². The van der Waals surface area contributed by atoms with Crippen molar-refractivity contribution in [1.82, 2.24) is 9.97 Å². The molecule has 2 N–H and O–H groups in total. The summed E-state index contributed by atoms with van der Waals surface area (Å²) in [5, 5.41) is 3.12. The van der Waals surface area contributed by atoms with Crippen LogP contribution in [-0.4, -0.2) is 36.1 Å². The highest BCUT2D eigenvalue weighted by molar-refractivity contribution is 7.13. The van der Waals surface area contributed by atoms with Gasteiger partial charge < -0.3 is 15.5 Å². The van der Waals surface area contributed by atoms with Crippen molar-refractivity contribution >= 4 is 28.0 Å². The lowest BCUT2D eigenvalue weighted by Crippen LogP contribution is -2.46. The zero-order valence-electron chi connectivity index (χ0n) is 9.99. The summed E-state index contributed by atoms with van der Waals surface area (Å²) in [6.45, 7) is 3.86. The van der Waals surface area contributed by atoms with Crippen molar-refractivity contribution in [2.45, 2.75) is 0 Å². The van der Waals surface area contributed by atoms with Crippen LogP contribution >= 0.6 is 11.3 Å². The number of nitrogens with zero attached hydrogens (tertiary/aromatic N) is 4. The van der Waals surface area contributed by atoms with E-state index >= 15 is 0 Å². The first kappa shape index (κ1) is 11.3. The van der Waals surface area contributed by atoms with Crippen molar-refractivity contribution in [3.63, 3.8) is 0 Å². The molecule has 1 aliphatic heterocycles. The Hall–Kier alpha value is -1.82. The maximum absolute atomic E-state index is 5.90. The topological polar surface area (TPSA) is 58.3 Å². The standard InChI is InChI=1S/C12H15N5S/c13-11-10(2-1-3-14-11)16-5-7-17(8-6-16)12-15-4-9-18-12/h1-4,9H,5-8H2,(H2,13,14). The van der Waals surface area contributed by atoms with Gasteiger partial charge >= 0.3 is 0 Å². The third-order valence-electron chi connectivity index (χ3n) is 3.13. The maximum atomic E-state index is 5.90. The molecule has 18 heavy (non-hydrogen) atoms. The first-order valence-corrected chi connectivity index (χ1v) is 6.82. The van der Waals surface area contributed by atoms with Crippen molar-refractivity contribution in [3.05, 3.63) is 29.9 Å². The van der Waals surface area contributed by atoms with E-state index in [1.807, 2.05) is 23.7 Å². The molecule has 0 spiro atoms. The number of aromatic nitrogens is 2. The van der Waals surface area contributed by atoms with Gasteiger partial charge in [0.2, 0.25) is 0 Å². The summed E-state index contributed by atoms with van der Waals surface area (Å²) in [4.78, 5) is 13.1. The highest BCUT2D eigenvalue weighted by Crippen LogP contribution is 2.24. The molecular formula is C12H15N5S. The zero-order chi connectivity index (χ0) is 12.4. The Bertz CT molecular complexity index is 505. The highest BCUT2D eigenvalue weighted by atomic mass is 32.1. The molecule has 0 radical (unpaired) electrons. The van der Waals surface area contributed by atoms with E-state index in [2.05, 4.69) is 19.8 Å². The molecule has 0 aliphatic carbocycles. The van der Waals surface area contributed by atoms with Gasteiger partial charge in [0, 0.05) is 44.0 Å². The SMILES string of the molecule is Nc1ncccc1N1CCN(c2nccs2)CC1. The molecule has 1 saturated heterocycles. The molecule has 0 bridgehead atoms. The average Bonchev–Trinajstić information content (AvgIpc) is 2.94. The number of hydrogen-bond acceptors (Lipinski definition) is 6. The Kier molecular flexibility index (Phi) is 3.02. The first-order chi connectivity index (χ1) is 8.84. The van der Waals surface area contributed by atoms with E-state index < -0.39 is 0 Å². The smallest absolute Gasteiger partial charge is 0.185 e. The number of pyridine rings is 1. The minimum absolute atomic E-state index is 0.611. The minimum Gasteiger partial charge on any atom is -0.382 e. The van der Waals surface area contributed by atoms with Crippen molar-refractivity contribution in [2.24, 2.45) is 0 Å². The Morgan fingerprint density at radius 3 is 2.50 bits per heavy atom. The van der Waals surface area contributed by atoms with Gasteiger partial charge in [0.15, 0.2) is 5.13 Å². The molecule has 0 unspecified atom stereocenters. The van der Waals surface area contributed by atoms with Crippen LogP contribution in [0.1, 0.15) is 0 Å². The van der Waals surface area contributed by atoms with E-state index in [0.29, 0.717) is 5.82 Å². The van der Waals surface area contributed by atoms with Gasteiger partial charge in [-0.05, 0) is 12.1 Å². The van der Waals surface area contributed by atoms with E-state index in [0.717, 1.165) is 37.0 Å². The van der Waals surface area contributed by atoms with Crippen LogP contribution in [0.5, 0.6) is 0 Å². The second kappa shape index (κ2) is 4.81. The number of piperazine rings is 1. The van der Waals surface area contributed by atoms with Gasteiger partial charge in [-0.2, -0.15) is 0 Å². The quantitative estimate of drug-likeness (QED) is 0.886. The molecule has 1 fully saturated rings. The van der Waals surface area contributed by atoms with E-state index in [9.17, 15) is 0 Å². The van der Waals surface area contributed by atoms with E-state index in [1.54, 1.807) is 17.5 Å². The predicted octanol–water partition coefficient (Wildman–Crippen LogP) is 1.45. The lowest BCUT2D eigenvalue weighted by atomic mass is 10.2. The lowest BCUT2D eigenvalue weighted by molar-refractivity contribution is 0.652. The number of nitrogens with two attached hydrogens (primary N) is 1. The maximum Gasteiger partial charge on any atom is 0.185 e. The van der Waals surface area contributed by atoms with Crippen molar-refractivity contribution in [1.29, 1.82) is 0 Å². The summed E-state index contributed by atoms with van der Waals surface area (Å²) in [6.07, 6.45) is 3.58. The fourth-order valence-corrected chi connectivity index (χ4v) is 2.88. The summed E-state index contributed by atoms with van der Waals surface area (Å²) >= 11 is 1.69. The van der Waals surface area contributed by atoms with Gasteiger partial charge in [0.25, 0.3) is 0 Å². The van der Waals surface area contributed by atoms with Gasteiger partial charge in [0.05, 0.1) is 5.69 Å². The highest BCUT2D eigenvalue weighted by Gasteiger charge is 2.20. The summed E-state index contributed by atoms with van der Waals surface area (Å²) in [7, 11) is 0. The average molecular weight is 261 g/mol. The van der Waals surface area contributed by atoms with Crippen LogP contribution in [0.15, 0.2) is 29.9 Å². The molecule has 0 aromatic carbocycles. The Balaban J connectivity index is 1.69.